The number of benzene rings is 2. The lowest BCUT2D eigenvalue weighted by molar-refractivity contribution is -0.112. The maximum absolute atomic E-state index is 13.6. The smallest absolute Gasteiger partial charge is 0.253 e. The van der Waals surface area contributed by atoms with E-state index in [1.807, 2.05) is 22.8 Å². The third-order valence-corrected chi connectivity index (χ3v) is 7.49. The van der Waals surface area contributed by atoms with Crippen LogP contribution in [0.15, 0.2) is 65.6 Å². The van der Waals surface area contributed by atoms with Crippen molar-refractivity contribution in [1.29, 1.82) is 0 Å². The summed E-state index contributed by atoms with van der Waals surface area (Å²) in [5.41, 5.74) is 4.87. The lowest BCUT2D eigenvalue weighted by Gasteiger charge is -2.36. The van der Waals surface area contributed by atoms with E-state index in [0.717, 1.165) is 48.8 Å². The van der Waals surface area contributed by atoms with E-state index in [-0.39, 0.29) is 23.9 Å². The van der Waals surface area contributed by atoms with E-state index in [2.05, 4.69) is 45.9 Å². The number of ether oxygens (including phenoxy) is 1. The molecule has 0 aliphatic carbocycles. The zero-order valence-electron chi connectivity index (χ0n) is 24.0. The van der Waals surface area contributed by atoms with Crippen molar-refractivity contribution in [2.75, 3.05) is 56.7 Å². The number of aliphatic hydroxyl groups is 1. The van der Waals surface area contributed by atoms with E-state index in [9.17, 15) is 14.3 Å². The van der Waals surface area contributed by atoms with Gasteiger partial charge in [0.05, 0.1) is 42.8 Å². The van der Waals surface area contributed by atoms with Crippen molar-refractivity contribution in [3.05, 3.63) is 72.1 Å². The Morgan fingerprint density at radius 2 is 1.83 bits per heavy atom. The fraction of sp³-hybridized carbons (Fsp3) is 0.387. The molecular weight excluding hydrogens is 523 g/mol. The van der Waals surface area contributed by atoms with E-state index in [0.29, 0.717) is 35.7 Å². The molecule has 0 unspecified atom stereocenters. The molecule has 3 heterocycles. The maximum atomic E-state index is 13.6. The number of aliphatic hydroxyl groups excluding tert-OH is 1. The van der Waals surface area contributed by atoms with Gasteiger partial charge in [-0.15, -0.1) is 0 Å². The zero-order chi connectivity index (χ0) is 29.1. The number of nitrogens with zero attached hydrogens (tertiary/aromatic N) is 5. The van der Waals surface area contributed by atoms with E-state index < -0.39 is 0 Å². The number of β-amino-alcohol motifs (C(OH)–C–C–N with tert-alkyl or cyclic N) is 1. The molecule has 2 N–H and O–H groups in total. The summed E-state index contributed by atoms with van der Waals surface area (Å²) in [6.45, 7) is 10.6. The van der Waals surface area contributed by atoms with Gasteiger partial charge in [-0.2, -0.15) is 0 Å². The molecule has 1 saturated heterocycles. The van der Waals surface area contributed by atoms with Crippen molar-refractivity contribution in [1.82, 2.24) is 14.5 Å². The molecule has 1 fully saturated rings. The summed E-state index contributed by atoms with van der Waals surface area (Å²) < 4.78 is 21.3. The number of hydrogen-bond acceptors (Lipinski definition) is 7. The van der Waals surface area contributed by atoms with Crippen molar-refractivity contribution in [3.63, 3.8) is 0 Å². The number of imidazole rings is 1. The van der Waals surface area contributed by atoms with Gasteiger partial charge in [0, 0.05) is 73.8 Å². The number of anilines is 2. The molecule has 0 saturated carbocycles. The van der Waals surface area contributed by atoms with Crippen LogP contribution >= 0.6 is 0 Å². The molecule has 216 valence electrons. The number of methoxy groups -OCH3 is 1. The number of nitrogens with one attached hydrogen (secondary N) is 1. The number of piperazine rings is 1. The molecule has 5 rings (SSSR count). The Balaban J connectivity index is 1.30. The van der Waals surface area contributed by atoms with Crippen molar-refractivity contribution in [2.45, 2.75) is 32.7 Å². The second-order valence-electron chi connectivity index (χ2n) is 11.3. The molecule has 41 heavy (non-hydrogen) atoms. The average molecular weight is 561 g/mol. The quantitative estimate of drug-likeness (QED) is 0.427. The Morgan fingerprint density at radius 3 is 2.49 bits per heavy atom. The number of carbonyl (C=O) groups is 1. The van der Waals surface area contributed by atoms with Gasteiger partial charge in [-0.1, -0.05) is 0 Å². The molecule has 2 aromatic carbocycles. The molecule has 1 amide bonds. The average Bonchev–Trinajstić information content (AvgIpc) is 3.62. The highest BCUT2D eigenvalue weighted by Crippen LogP contribution is 2.33. The minimum atomic E-state index is -0.312. The Labute approximate surface area is 240 Å². The van der Waals surface area contributed by atoms with Crippen LogP contribution in [0.1, 0.15) is 32.9 Å². The highest BCUT2D eigenvalue weighted by molar-refractivity contribution is 6.15. The van der Waals surface area contributed by atoms with Gasteiger partial charge < -0.3 is 24.6 Å². The second-order valence-corrected chi connectivity index (χ2v) is 11.3. The first kappa shape index (κ1) is 28.5. The van der Waals surface area contributed by atoms with Crippen LogP contribution in [0.3, 0.4) is 0 Å². The molecule has 2 aliphatic rings. The molecule has 9 nitrogen and oxygen atoms in total. The lowest BCUT2D eigenvalue weighted by atomic mass is 10.0. The monoisotopic (exact) mass is 560 g/mol. The van der Waals surface area contributed by atoms with Crippen LogP contribution in [0.2, 0.25) is 0 Å². The van der Waals surface area contributed by atoms with Crippen molar-refractivity contribution in [3.8, 4) is 17.0 Å². The van der Waals surface area contributed by atoms with Gasteiger partial charge in [0.2, 0.25) is 0 Å². The van der Waals surface area contributed by atoms with Gasteiger partial charge in [-0.25, -0.2) is 9.37 Å². The summed E-state index contributed by atoms with van der Waals surface area (Å²) in [5, 5.41) is 12.2. The van der Waals surface area contributed by atoms with Crippen LogP contribution in [-0.2, 0) is 10.3 Å². The van der Waals surface area contributed by atoms with Gasteiger partial charge in [-0.05, 0) is 57.2 Å². The predicted octanol–water partition coefficient (Wildman–Crippen LogP) is 4.28. The van der Waals surface area contributed by atoms with E-state index in [4.69, 9.17) is 4.74 Å². The third-order valence-electron chi connectivity index (χ3n) is 7.49. The number of aliphatic imine (C=N–C) groups is 1. The predicted molar refractivity (Wildman–Crippen MR) is 159 cm³/mol. The Morgan fingerprint density at radius 1 is 1.10 bits per heavy atom. The lowest BCUT2D eigenvalue weighted by Crippen LogP contribution is -2.47. The topological polar surface area (TPSA) is 95.2 Å². The maximum Gasteiger partial charge on any atom is 0.253 e. The Kier molecular flexibility index (Phi) is 8.23. The number of amides is 1. The third kappa shape index (κ3) is 6.18. The van der Waals surface area contributed by atoms with Crippen LogP contribution in [0.5, 0.6) is 5.75 Å². The molecule has 0 radical (unpaired) electrons. The van der Waals surface area contributed by atoms with Crippen LogP contribution < -0.4 is 15.0 Å². The molecule has 0 atom stereocenters. The Hall–Kier alpha value is -4.02. The summed E-state index contributed by atoms with van der Waals surface area (Å²) in [5.74, 6) is 0.0174. The van der Waals surface area contributed by atoms with Gasteiger partial charge in [-0.3, -0.25) is 14.7 Å². The molecule has 0 spiro atoms. The Bertz CT molecular complexity index is 1460. The summed E-state index contributed by atoms with van der Waals surface area (Å²) in [6, 6.07) is 12.0. The fourth-order valence-corrected chi connectivity index (χ4v) is 5.22. The van der Waals surface area contributed by atoms with Crippen LogP contribution in [0.4, 0.5) is 15.8 Å². The summed E-state index contributed by atoms with van der Waals surface area (Å²) in [6.07, 6.45) is 3.71. The summed E-state index contributed by atoms with van der Waals surface area (Å²) in [4.78, 5) is 27.2. The minimum Gasteiger partial charge on any atom is -0.494 e. The number of halogens is 1. The number of aromatic nitrogens is 2. The summed E-state index contributed by atoms with van der Waals surface area (Å²) in [7, 11) is 1.59. The molecule has 1 aromatic heterocycles. The van der Waals surface area contributed by atoms with Crippen LogP contribution in [-0.4, -0.2) is 77.6 Å². The van der Waals surface area contributed by atoms with Crippen molar-refractivity contribution < 1.29 is 19.0 Å². The first-order chi connectivity index (χ1) is 19.7. The van der Waals surface area contributed by atoms with Crippen LogP contribution in [0, 0.1) is 5.82 Å². The largest absolute Gasteiger partial charge is 0.494 e. The highest BCUT2D eigenvalue weighted by atomic mass is 19.1. The van der Waals surface area contributed by atoms with E-state index >= 15 is 0 Å². The molecule has 10 heteroatoms. The van der Waals surface area contributed by atoms with Gasteiger partial charge in [0.1, 0.15) is 11.6 Å². The van der Waals surface area contributed by atoms with E-state index in [1.54, 1.807) is 31.8 Å². The van der Waals surface area contributed by atoms with Crippen LogP contribution in [0.25, 0.3) is 11.3 Å². The first-order valence-corrected chi connectivity index (χ1v) is 13.9. The first-order valence-electron chi connectivity index (χ1n) is 13.9. The highest BCUT2D eigenvalue weighted by Gasteiger charge is 2.29. The SMILES string of the molecule is COc1cc(N2CCN(CCO)CC2)ccc1NC(=O)C1=CN=C(c2c(-c3ccc(F)cc3)ncn2C(C)(C)C)C1. The van der Waals surface area contributed by atoms with Crippen molar-refractivity contribution in [2.24, 2.45) is 4.99 Å². The minimum absolute atomic E-state index is 0.167. The number of hydrogen-bond donors (Lipinski definition) is 2. The van der Waals surface area contributed by atoms with E-state index in [1.165, 1.54) is 12.1 Å². The molecule has 2 aliphatic heterocycles. The summed E-state index contributed by atoms with van der Waals surface area (Å²) >= 11 is 0. The number of rotatable bonds is 8. The number of carbonyl (C=O) groups excluding carboxylic acids is 1. The van der Waals surface area contributed by atoms with Crippen molar-refractivity contribution >= 4 is 23.0 Å². The zero-order valence-corrected chi connectivity index (χ0v) is 24.0. The standard InChI is InChI=1S/C31H37FN6O3/c1-31(2,3)38-20-34-28(21-5-7-23(32)8-6-21)29(38)26-17-22(19-33-26)30(40)35-25-10-9-24(18-27(25)41-4)37-13-11-36(12-14-37)15-16-39/h5-10,18-20,39H,11-17H2,1-4H3,(H,35,40). The fourth-order valence-electron chi connectivity index (χ4n) is 5.22. The molecular formula is C31H37FN6O3. The normalized spacial score (nSPS) is 16.0. The molecule has 3 aromatic rings. The second kappa shape index (κ2) is 11.8. The van der Waals surface area contributed by atoms with Gasteiger partial charge >= 0.3 is 0 Å². The molecule has 0 bridgehead atoms. The van der Waals surface area contributed by atoms with Gasteiger partial charge in [0.25, 0.3) is 5.91 Å². The van der Waals surface area contributed by atoms with Gasteiger partial charge in [0.15, 0.2) is 0 Å².